The minimum atomic E-state index is -0.722. The number of aliphatic carboxylic acids is 1. The summed E-state index contributed by atoms with van der Waals surface area (Å²) in [5.74, 6) is -0.115. The number of rotatable bonds is 7. The predicted octanol–water partition coefficient (Wildman–Crippen LogP) is 2.64. The number of hydrogen-bond donors (Lipinski definition) is 2. The van der Waals surface area contributed by atoms with Crippen LogP contribution in [0.15, 0.2) is 0 Å². The molecule has 0 radical (unpaired) electrons. The first-order chi connectivity index (χ1) is 6.73. The van der Waals surface area contributed by atoms with Crippen molar-refractivity contribution in [2.45, 2.75) is 59.4 Å². The van der Waals surface area contributed by atoms with Crippen LogP contribution in [0.2, 0.25) is 0 Å². The summed E-state index contributed by atoms with van der Waals surface area (Å²) in [6, 6.07) is 0.189. The Hall–Kier alpha value is -0.570. The highest BCUT2D eigenvalue weighted by Crippen LogP contribution is 2.29. The Morgan fingerprint density at radius 2 is 1.93 bits per heavy atom. The third-order valence-electron chi connectivity index (χ3n) is 2.60. The van der Waals surface area contributed by atoms with Crippen molar-refractivity contribution >= 4 is 5.97 Å². The monoisotopic (exact) mass is 215 g/mol. The van der Waals surface area contributed by atoms with Crippen LogP contribution < -0.4 is 5.73 Å². The summed E-state index contributed by atoms with van der Waals surface area (Å²) in [6.45, 7) is 8.50. The van der Waals surface area contributed by atoms with Crippen molar-refractivity contribution in [3.63, 3.8) is 0 Å². The molecular weight excluding hydrogens is 190 g/mol. The summed E-state index contributed by atoms with van der Waals surface area (Å²) in [5, 5.41) is 8.63. The third kappa shape index (κ3) is 8.43. The minimum Gasteiger partial charge on any atom is -0.481 e. The maximum atomic E-state index is 10.5. The molecule has 0 aliphatic carbocycles. The van der Waals surface area contributed by atoms with Gasteiger partial charge in [0.05, 0.1) is 0 Å². The third-order valence-corrected chi connectivity index (χ3v) is 2.60. The van der Waals surface area contributed by atoms with Crippen molar-refractivity contribution in [3.05, 3.63) is 0 Å². The van der Waals surface area contributed by atoms with Gasteiger partial charge in [0.2, 0.25) is 0 Å². The molecule has 0 saturated heterocycles. The molecule has 0 rings (SSSR count). The molecule has 0 aromatic rings. The summed E-state index contributed by atoms with van der Waals surface area (Å²) in [7, 11) is 0. The Morgan fingerprint density at radius 3 is 2.33 bits per heavy atom. The lowest BCUT2D eigenvalue weighted by molar-refractivity contribution is -0.137. The van der Waals surface area contributed by atoms with Crippen molar-refractivity contribution in [2.24, 2.45) is 17.1 Å². The van der Waals surface area contributed by atoms with Gasteiger partial charge in [-0.1, -0.05) is 27.7 Å². The number of hydrogen-bond acceptors (Lipinski definition) is 2. The highest BCUT2D eigenvalue weighted by atomic mass is 16.4. The fourth-order valence-electron chi connectivity index (χ4n) is 1.95. The normalized spacial score (nSPS) is 14.3. The van der Waals surface area contributed by atoms with E-state index >= 15 is 0 Å². The summed E-state index contributed by atoms with van der Waals surface area (Å²) >= 11 is 0. The van der Waals surface area contributed by atoms with Gasteiger partial charge in [-0.05, 0) is 30.6 Å². The van der Waals surface area contributed by atoms with E-state index in [4.69, 9.17) is 10.8 Å². The molecule has 0 aliphatic heterocycles. The van der Waals surface area contributed by atoms with E-state index in [2.05, 4.69) is 27.7 Å². The van der Waals surface area contributed by atoms with Crippen LogP contribution in [0.5, 0.6) is 0 Å². The van der Waals surface area contributed by atoms with Crippen LogP contribution in [0.1, 0.15) is 53.4 Å². The van der Waals surface area contributed by atoms with E-state index in [1.807, 2.05) is 0 Å². The highest BCUT2D eigenvalue weighted by Gasteiger charge is 2.22. The molecule has 0 bridgehead atoms. The van der Waals surface area contributed by atoms with E-state index in [0.717, 1.165) is 12.8 Å². The van der Waals surface area contributed by atoms with E-state index in [-0.39, 0.29) is 17.9 Å². The lowest BCUT2D eigenvalue weighted by Crippen LogP contribution is -2.29. The lowest BCUT2D eigenvalue weighted by atomic mass is 9.80. The highest BCUT2D eigenvalue weighted by molar-refractivity contribution is 5.66. The molecule has 3 heteroatoms. The van der Waals surface area contributed by atoms with Crippen LogP contribution >= 0.6 is 0 Å². The molecule has 0 aromatic carbocycles. The maximum Gasteiger partial charge on any atom is 0.303 e. The Bertz CT molecular complexity index is 200. The van der Waals surface area contributed by atoms with E-state index in [0.29, 0.717) is 12.3 Å². The average Bonchev–Trinajstić information content (AvgIpc) is 1.98. The minimum absolute atomic E-state index is 0.0344. The number of nitrogens with two attached hydrogens (primary N) is 1. The van der Waals surface area contributed by atoms with E-state index in [1.165, 1.54) is 0 Å². The number of carboxylic acids is 1. The van der Waals surface area contributed by atoms with Crippen LogP contribution in [0.25, 0.3) is 0 Å². The standard InChI is InChI=1S/C12H25NO2/c1-9(2)7-10(13)8-12(3,4)6-5-11(14)15/h9-10H,5-8,13H2,1-4H3,(H,14,15). The number of carboxylic acid groups (broad SMARTS) is 1. The van der Waals surface area contributed by atoms with Crippen LogP contribution in [-0.2, 0) is 4.79 Å². The Kier molecular flexibility index (Phi) is 5.88. The second kappa shape index (κ2) is 6.11. The summed E-state index contributed by atoms with van der Waals surface area (Å²) in [6.07, 6.45) is 2.85. The van der Waals surface area contributed by atoms with Gasteiger partial charge in [0.15, 0.2) is 0 Å². The lowest BCUT2D eigenvalue weighted by Gasteiger charge is -2.28. The molecule has 3 nitrogen and oxygen atoms in total. The second-order valence-corrected chi connectivity index (χ2v) is 5.65. The molecule has 0 fully saturated rings. The first-order valence-electron chi connectivity index (χ1n) is 5.70. The Balaban J connectivity index is 3.95. The van der Waals surface area contributed by atoms with Gasteiger partial charge in [-0.15, -0.1) is 0 Å². The van der Waals surface area contributed by atoms with Crippen molar-refractivity contribution in [1.82, 2.24) is 0 Å². The van der Waals surface area contributed by atoms with E-state index in [9.17, 15) is 4.79 Å². The molecule has 0 aliphatic rings. The molecule has 15 heavy (non-hydrogen) atoms. The van der Waals surface area contributed by atoms with Crippen molar-refractivity contribution in [1.29, 1.82) is 0 Å². The average molecular weight is 215 g/mol. The van der Waals surface area contributed by atoms with Gasteiger partial charge >= 0.3 is 5.97 Å². The van der Waals surface area contributed by atoms with Gasteiger partial charge in [0.1, 0.15) is 0 Å². The molecule has 0 heterocycles. The molecular formula is C12H25NO2. The van der Waals surface area contributed by atoms with Crippen molar-refractivity contribution in [2.75, 3.05) is 0 Å². The van der Waals surface area contributed by atoms with Crippen LogP contribution in [-0.4, -0.2) is 17.1 Å². The first-order valence-corrected chi connectivity index (χ1v) is 5.70. The van der Waals surface area contributed by atoms with Gasteiger partial charge in [-0.3, -0.25) is 4.79 Å². The Morgan fingerprint density at radius 1 is 1.40 bits per heavy atom. The van der Waals surface area contributed by atoms with Crippen LogP contribution in [0.4, 0.5) is 0 Å². The summed E-state index contributed by atoms with van der Waals surface area (Å²) in [4.78, 5) is 10.5. The predicted molar refractivity (Wildman–Crippen MR) is 62.7 cm³/mol. The van der Waals surface area contributed by atoms with Gasteiger partial charge in [-0.25, -0.2) is 0 Å². The molecule has 0 amide bonds. The van der Waals surface area contributed by atoms with Gasteiger partial charge < -0.3 is 10.8 Å². The molecule has 90 valence electrons. The fourth-order valence-corrected chi connectivity index (χ4v) is 1.95. The Labute approximate surface area is 93.0 Å². The zero-order chi connectivity index (χ0) is 12.1. The SMILES string of the molecule is CC(C)CC(N)CC(C)(C)CCC(=O)O. The quantitative estimate of drug-likeness (QED) is 0.686. The number of carbonyl (C=O) groups is 1. The van der Waals surface area contributed by atoms with Crippen LogP contribution in [0, 0.1) is 11.3 Å². The van der Waals surface area contributed by atoms with E-state index < -0.39 is 5.97 Å². The molecule has 3 N–H and O–H groups in total. The zero-order valence-electron chi connectivity index (χ0n) is 10.4. The van der Waals surface area contributed by atoms with Gasteiger partial charge in [0, 0.05) is 12.5 Å². The second-order valence-electron chi connectivity index (χ2n) is 5.65. The van der Waals surface area contributed by atoms with Gasteiger partial charge in [-0.2, -0.15) is 0 Å². The van der Waals surface area contributed by atoms with Gasteiger partial charge in [0.25, 0.3) is 0 Å². The molecule has 0 spiro atoms. The zero-order valence-corrected chi connectivity index (χ0v) is 10.4. The molecule has 0 aromatic heterocycles. The first kappa shape index (κ1) is 14.4. The maximum absolute atomic E-state index is 10.5. The van der Waals surface area contributed by atoms with Crippen molar-refractivity contribution in [3.8, 4) is 0 Å². The fraction of sp³-hybridized carbons (Fsp3) is 0.917. The molecule has 1 unspecified atom stereocenters. The summed E-state index contributed by atoms with van der Waals surface area (Å²) < 4.78 is 0. The molecule has 0 saturated carbocycles. The topological polar surface area (TPSA) is 63.3 Å². The molecule has 1 atom stereocenters. The smallest absolute Gasteiger partial charge is 0.303 e. The van der Waals surface area contributed by atoms with E-state index in [1.54, 1.807) is 0 Å². The van der Waals surface area contributed by atoms with Crippen LogP contribution in [0.3, 0.4) is 0 Å². The summed E-state index contributed by atoms with van der Waals surface area (Å²) in [5.41, 5.74) is 6.05. The largest absolute Gasteiger partial charge is 0.481 e. The van der Waals surface area contributed by atoms with Crippen molar-refractivity contribution < 1.29 is 9.90 Å².